The molecular formula is C12H24N2. The summed E-state index contributed by atoms with van der Waals surface area (Å²) in [6, 6.07) is 0.777. The molecule has 0 aromatic rings. The Labute approximate surface area is 88.1 Å². The molecule has 1 saturated heterocycles. The predicted molar refractivity (Wildman–Crippen MR) is 60.5 cm³/mol. The Hall–Kier alpha value is -0.0800. The van der Waals surface area contributed by atoms with E-state index in [2.05, 4.69) is 24.3 Å². The number of rotatable bonds is 1. The molecule has 1 aliphatic heterocycles. The summed E-state index contributed by atoms with van der Waals surface area (Å²) in [7, 11) is 4.43. The van der Waals surface area contributed by atoms with Gasteiger partial charge in [-0.05, 0) is 45.3 Å². The van der Waals surface area contributed by atoms with Crippen LogP contribution in [0.25, 0.3) is 0 Å². The van der Waals surface area contributed by atoms with Gasteiger partial charge in [0.1, 0.15) is 0 Å². The molecule has 0 radical (unpaired) electrons. The number of hydrogen-bond acceptors (Lipinski definition) is 2. The third kappa shape index (κ3) is 1.82. The smallest absolute Gasteiger partial charge is 0.0145 e. The third-order valence-corrected chi connectivity index (χ3v) is 4.32. The van der Waals surface area contributed by atoms with Gasteiger partial charge < -0.3 is 10.2 Å². The second kappa shape index (κ2) is 4.19. The number of hydrogen-bond donors (Lipinski definition) is 1. The molecule has 1 spiro atoms. The van der Waals surface area contributed by atoms with Crippen molar-refractivity contribution in [3.63, 3.8) is 0 Å². The molecule has 14 heavy (non-hydrogen) atoms. The number of nitrogens with zero attached hydrogens (tertiary/aromatic N) is 1. The molecular weight excluding hydrogens is 172 g/mol. The van der Waals surface area contributed by atoms with Gasteiger partial charge in [-0.2, -0.15) is 0 Å². The van der Waals surface area contributed by atoms with E-state index in [4.69, 9.17) is 0 Å². The highest BCUT2D eigenvalue weighted by Gasteiger charge is 2.42. The Morgan fingerprint density at radius 1 is 1.21 bits per heavy atom. The van der Waals surface area contributed by atoms with Crippen LogP contribution in [0.4, 0.5) is 0 Å². The van der Waals surface area contributed by atoms with Crippen molar-refractivity contribution < 1.29 is 0 Å². The lowest BCUT2D eigenvalue weighted by Gasteiger charge is -2.49. The summed E-state index contributed by atoms with van der Waals surface area (Å²) in [5.41, 5.74) is 0.611. The van der Waals surface area contributed by atoms with E-state index >= 15 is 0 Å². The van der Waals surface area contributed by atoms with E-state index in [-0.39, 0.29) is 0 Å². The summed E-state index contributed by atoms with van der Waals surface area (Å²) in [6.45, 7) is 2.59. The summed E-state index contributed by atoms with van der Waals surface area (Å²) in [5, 5.41) is 3.56. The first-order chi connectivity index (χ1) is 6.77. The lowest BCUT2D eigenvalue weighted by atomic mass is 9.66. The van der Waals surface area contributed by atoms with Crippen molar-refractivity contribution in [1.29, 1.82) is 0 Å². The van der Waals surface area contributed by atoms with Crippen LogP contribution >= 0.6 is 0 Å². The van der Waals surface area contributed by atoms with Crippen LogP contribution in [0.5, 0.6) is 0 Å². The molecule has 1 N–H and O–H groups in total. The first-order valence-electron chi connectivity index (χ1n) is 6.13. The van der Waals surface area contributed by atoms with E-state index in [9.17, 15) is 0 Å². The van der Waals surface area contributed by atoms with Crippen LogP contribution < -0.4 is 5.32 Å². The van der Waals surface area contributed by atoms with Crippen molar-refractivity contribution in [2.75, 3.05) is 27.2 Å². The topological polar surface area (TPSA) is 15.3 Å². The molecule has 2 heteroatoms. The average molecular weight is 196 g/mol. The first kappa shape index (κ1) is 10.4. The molecule has 0 aromatic heterocycles. The fourth-order valence-corrected chi connectivity index (χ4v) is 3.60. The van der Waals surface area contributed by atoms with Gasteiger partial charge in [-0.25, -0.2) is 0 Å². The Balaban J connectivity index is 2.09. The van der Waals surface area contributed by atoms with Crippen LogP contribution in [0.2, 0.25) is 0 Å². The van der Waals surface area contributed by atoms with E-state index < -0.39 is 0 Å². The van der Waals surface area contributed by atoms with Crippen LogP contribution in [0.3, 0.4) is 0 Å². The highest BCUT2D eigenvalue weighted by Crippen LogP contribution is 2.42. The van der Waals surface area contributed by atoms with Crippen LogP contribution in [-0.2, 0) is 0 Å². The molecule has 0 aromatic carbocycles. The van der Waals surface area contributed by atoms with Gasteiger partial charge in [-0.1, -0.05) is 19.3 Å². The van der Waals surface area contributed by atoms with Gasteiger partial charge in [0.15, 0.2) is 0 Å². The molecule has 2 fully saturated rings. The maximum Gasteiger partial charge on any atom is 0.0145 e. The second-order valence-corrected chi connectivity index (χ2v) is 5.29. The summed E-state index contributed by atoms with van der Waals surface area (Å²) >= 11 is 0. The van der Waals surface area contributed by atoms with E-state index in [1.807, 2.05) is 0 Å². The zero-order valence-electron chi connectivity index (χ0n) is 9.68. The van der Waals surface area contributed by atoms with Crippen molar-refractivity contribution in [3.8, 4) is 0 Å². The monoisotopic (exact) mass is 196 g/mol. The van der Waals surface area contributed by atoms with Gasteiger partial charge >= 0.3 is 0 Å². The van der Waals surface area contributed by atoms with E-state index in [0.717, 1.165) is 6.04 Å². The molecule has 1 aliphatic carbocycles. The normalized spacial score (nSPS) is 33.4. The third-order valence-electron chi connectivity index (χ3n) is 4.32. The van der Waals surface area contributed by atoms with E-state index in [1.54, 1.807) is 0 Å². The standard InChI is InChI=1S/C12H24N2/c1-13-11-6-9-14(2)10-12(11)7-4-3-5-8-12/h11,13H,3-10H2,1-2H3. The first-order valence-corrected chi connectivity index (χ1v) is 6.13. The molecule has 2 rings (SSSR count). The molecule has 1 saturated carbocycles. The molecule has 1 unspecified atom stereocenters. The van der Waals surface area contributed by atoms with Gasteiger partial charge in [-0.15, -0.1) is 0 Å². The summed E-state index contributed by atoms with van der Waals surface area (Å²) in [5.74, 6) is 0. The lowest BCUT2D eigenvalue weighted by Crippen LogP contribution is -2.56. The molecule has 1 atom stereocenters. The second-order valence-electron chi connectivity index (χ2n) is 5.29. The predicted octanol–water partition coefficient (Wildman–Crippen LogP) is 1.86. The number of nitrogens with one attached hydrogen (secondary N) is 1. The largest absolute Gasteiger partial charge is 0.316 e. The average Bonchev–Trinajstić information content (AvgIpc) is 2.19. The van der Waals surface area contributed by atoms with E-state index in [1.165, 1.54) is 51.6 Å². The summed E-state index contributed by atoms with van der Waals surface area (Å²) in [6.07, 6.45) is 8.60. The minimum atomic E-state index is 0.611. The minimum absolute atomic E-state index is 0.611. The Bertz CT molecular complexity index is 185. The fraction of sp³-hybridized carbons (Fsp3) is 1.00. The molecule has 2 nitrogen and oxygen atoms in total. The van der Waals surface area contributed by atoms with Gasteiger partial charge in [0.25, 0.3) is 0 Å². The van der Waals surface area contributed by atoms with Crippen LogP contribution in [0.15, 0.2) is 0 Å². The highest BCUT2D eigenvalue weighted by molar-refractivity contribution is 4.97. The fourth-order valence-electron chi connectivity index (χ4n) is 3.60. The summed E-state index contributed by atoms with van der Waals surface area (Å²) < 4.78 is 0. The van der Waals surface area contributed by atoms with Crippen LogP contribution in [0, 0.1) is 5.41 Å². The summed E-state index contributed by atoms with van der Waals surface area (Å²) in [4.78, 5) is 2.53. The van der Waals surface area contributed by atoms with Crippen molar-refractivity contribution in [1.82, 2.24) is 10.2 Å². The van der Waals surface area contributed by atoms with Gasteiger partial charge in [-0.3, -0.25) is 0 Å². The maximum absolute atomic E-state index is 3.56. The molecule has 2 aliphatic rings. The van der Waals surface area contributed by atoms with Crippen molar-refractivity contribution in [3.05, 3.63) is 0 Å². The van der Waals surface area contributed by atoms with Crippen molar-refractivity contribution in [2.24, 2.45) is 5.41 Å². The van der Waals surface area contributed by atoms with Gasteiger partial charge in [0, 0.05) is 12.6 Å². The SMILES string of the molecule is CNC1CCN(C)CC12CCCCC2. The molecule has 82 valence electrons. The molecule has 0 bridgehead atoms. The Kier molecular flexibility index (Phi) is 3.13. The maximum atomic E-state index is 3.56. The number of piperidine rings is 1. The Morgan fingerprint density at radius 3 is 2.57 bits per heavy atom. The Morgan fingerprint density at radius 2 is 1.93 bits per heavy atom. The lowest BCUT2D eigenvalue weighted by molar-refractivity contribution is 0.0338. The highest BCUT2D eigenvalue weighted by atomic mass is 15.1. The molecule has 0 amide bonds. The van der Waals surface area contributed by atoms with Crippen molar-refractivity contribution >= 4 is 0 Å². The molecule has 1 heterocycles. The quantitative estimate of drug-likeness (QED) is 0.688. The van der Waals surface area contributed by atoms with Crippen molar-refractivity contribution in [2.45, 2.75) is 44.6 Å². The minimum Gasteiger partial charge on any atom is -0.316 e. The zero-order valence-corrected chi connectivity index (χ0v) is 9.68. The van der Waals surface area contributed by atoms with Crippen LogP contribution in [-0.4, -0.2) is 38.1 Å². The van der Waals surface area contributed by atoms with Gasteiger partial charge in [0.05, 0.1) is 0 Å². The zero-order chi connectivity index (χ0) is 10.0. The van der Waals surface area contributed by atoms with Crippen LogP contribution in [0.1, 0.15) is 38.5 Å². The van der Waals surface area contributed by atoms with E-state index in [0.29, 0.717) is 5.41 Å². The number of likely N-dealkylation sites (tertiary alicyclic amines) is 1. The van der Waals surface area contributed by atoms with Gasteiger partial charge in [0.2, 0.25) is 0 Å².